The molecule has 0 radical (unpaired) electrons. The predicted molar refractivity (Wildman–Crippen MR) is 71.1 cm³/mol. The lowest BCUT2D eigenvalue weighted by atomic mass is 10.2. The molecule has 0 aliphatic rings. The van der Waals surface area contributed by atoms with Crippen molar-refractivity contribution in [2.75, 3.05) is 18.8 Å². The van der Waals surface area contributed by atoms with Crippen molar-refractivity contribution in [2.24, 2.45) is 0 Å². The van der Waals surface area contributed by atoms with E-state index in [0.29, 0.717) is 11.3 Å². The molecule has 0 atom stereocenters. The highest BCUT2D eigenvalue weighted by molar-refractivity contribution is 7.91. The van der Waals surface area contributed by atoms with Crippen LogP contribution in [0.15, 0.2) is 23.1 Å². The molecule has 1 aromatic carbocycles. The normalized spacial score (nSPS) is 11.7. The molecule has 0 fully saturated rings. The van der Waals surface area contributed by atoms with Crippen LogP contribution in [0, 0.1) is 13.8 Å². The Morgan fingerprint density at radius 3 is 2.53 bits per heavy atom. The smallest absolute Gasteiger partial charge is 0.178 e. The maximum Gasteiger partial charge on any atom is 0.178 e. The maximum atomic E-state index is 12.1. The molecule has 0 aliphatic carbocycles. The van der Waals surface area contributed by atoms with E-state index in [9.17, 15) is 8.42 Å². The standard InChI is InChI=1S/C13H21NO2S/c1-4-14-8-5-9-17(15,16)13-7-6-11(2)10-12(13)3/h6-7,10,14H,4-5,8-9H2,1-3H3. The Labute approximate surface area is 104 Å². The minimum atomic E-state index is -3.13. The van der Waals surface area contributed by atoms with Gasteiger partial charge >= 0.3 is 0 Å². The molecule has 0 heterocycles. The summed E-state index contributed by atoms with van der Waals surface area (Å²) in [6.07, 6.45) is 0.656. The summed E-state index contributed by atoms with van der Waals surface area (Å²) in [5.41, 5.74) is 1.93. The molecule has 0 amide bonds. The van der Waals surface area contributed by atoms with Crippen molar-refractivity contribution in [2.45, 2.75) is 32.1 Å². The highest BCUT2D eigenvalue weighted by Gasteiger charge is 2.16. The van der Waals surface area contributed by atoms with Gasteiger partial charge in [0.05, 0.1) is 10.6 Å². The largest absolute Gasteiger partial charge is 0.317 e. The van der Waals surface area contributed by atoms with Gasteiger partial charge in [-0.3, -0.25) is 0 Å². The summed E-state index contributed by atoms with van der Waals surface area (Å²) >= 11 is 0. The van der Waals surface area contributed by atoms with Crippen molar-refractivity contribution in [3.8, 4) is 0 Å². The Hall–Kier alpha value is -0.870. The van der Waals surface area contributed by atoms with E-state index in [1.165, 1.54) is 0 Å². The van der Waals surface area contributed by atoms with Crippen LogP contribution in [-0.4, -0.2) is 27.3 Å². The second kappa shape index (κ2) is 6.17. The highest BCUT2D eigenvalue weighted by Crippen LogP contribution is 2.18. The quantitative estimate of drug-likeness (QED) is 0.792. The van der Waals surface area contributed by atoms with Gasteiger partial charge in [0, 0.05) is 0 Å². The van der Waals surface area contributed by atoms with Crippen molar-refractivity contribution < 1.29 is 8.42 Å². The average Bonchev–Trinajstić information content (AvgIpc) is 2.24. The third-order valence-electron chi connectivity index (χ3n) is 2.68. The number of hydrogen-bond acceptors (Lipinski definition) is 3. The highest BCUT2D eigenvalue weighted by atomic mass is 32.2. The lowest BCUT2D eigenvalue weighted by Gasteiger charge is -2.08. The van der Waals surface area contributed by atoms with E-state index in [0.717, 1.165) is 24.2 Å². The summed E-state index contributed by atoms with van der Waals surface area (Å²) in [4.78, 5) is 0.472. The van der Waals surface area contributed by atoms with E-state index in [4.69, 9.17) is 0 Å². The summed E-state index contributed by atoms with van der Waals surface area (Å²) in [5.74, 6) is 0.212. The first-order valence-electron chi connectivity index (χ1n) is 5.98. The van der Waals surface area contributed by atoms with Crippen LogP contribution in [0.1, 0.15) is 24.5 Å². The summed E-state index contributed by atoms with van der Waals surface area (Å²) in [7, 11) is -3.13. The maximum absolute atomic E-state index is 12.1. The first-order chi connectivity index (χ1) is 7.97. The van der Waals surface area contributed by atoms with Crippen molar-refractivity contribution >= 4 is 9.84 Å². The molecule has 3 nitrogen and oxygen atoms in total. The topological polar surface area (TPSA) is 46.2 Å². The van der Waals surface area contributed by atoms with Gasteiger partial charge in [0.15, 0.2) is 9.84 Å². The Balaban J connectivity index is 2.76. The van der Waals surface area contributed by atoms with Crippen LogP contribution in [0.4, 0.5) is 0 Å². The van der Waals surface area contributed by atoms with E-state index < -0.39 is 9.84 Å². The summed E-state index contributed by atoms with van der Waals surface area (Å²) in [5, 5.41) is 3.13. The molecular formula is C13H21NO2S. The molecule has 0 saturated heterocycles. The van der Waals surface area contributed by atoms with Gasteiger partial charge in [-0.2, -0.15) is 0 Å². The predicted octanol–water partition coefficient (Wildman–Crippen LogP) is 2.08. The van der Waals surface area contributed by atoms with E-state index in [2.05, 4.69) is 5.32 Å². The fraction of sp³-hybridized carbons (Fsp3) is 0.538. The van der Waals surface area contributed by atoms with E-state index in [1.807, 2.05) is 32.9 Å². The molecule has 1 aromatic rings. The van der Waals surface area contributed by atoms with Crippen LogP contribution < -0.4 is 5.32 Å². The second-order valence-corrected chi connectivity index (χ2v) is 6.37. The minimum Gasteiger partial charge on any atom is -0.317 e. The molecule has 0 unspecified atom stereocenters. The Bertz CT molecular complexity index is 466. The molecule has 96 valence electrons. The minimum absolute atomic E-state index is 0.212. The third-order valence-corrected chi connectivity index (χ3v) is 4.64. The lowest BCUT2D eigenvalue weighted by molar-refractivity contribution is 0.589. The molecule has 0 aliphatic heterocycles. The Kier molecular flexibility index (Phi) is 5.15. The molecule has 1 rings (SSSR count). The van der Waals surface area contributed by atoms with Gasteiger partial charge in [0.1, 0.15) is 0 Å². The number of hydrogen-bond donors (Lipinski definition) is 1. The monoisotopic (exact) mass is 255 g/mol. The Morgan fingerprint density at radius 1 is 1.24 bits per heavy atom. The van der Waals surface area contributed by atoms with Crippen LogP contribution >= 0.6 is 0 Å². The number of rotatable bonds is 6. The molecule has 0 spiro atoms. The summed E-state index contributed by atoms with van der Waals surface area (Å²) in [6, 6.07) is 5.48. The van der Waals surface area contributed by atoms with Crippen molar-refractivity contribution in [3.63, 3.8) is 0 Å². The van der Waals surface area contributed by atoms with Gasteiger partial charge in [-0.25, -0.2) is 8.42 Å². The van der Waals surface area contributed by atoms with Gasteiger partial charge in [-0.1, -0.05) is 24.6 Å². The van der Waals surface area contributed by atoms with Gasteiger partial charge < -0.3 is 5.32 Å². The first kappa shape index (κ1) is 14.2. The van der Waals surface area contributed by atoms with E-state index in [-0.39, 0.29) is 5.75 Å². The van der Waals surface area contributed by atoms with E-state index in [1.54, 1.807) is 6.07 Å². The fourth-order valence-corrected chi connectivity index (χ4v) is 3.39. The van der Waals surface area contributed by atoms with Crippen molar-refractivity contribution in [3.05, 3.63) is 29.3 Å². The van der Waals surface area contributed by atoms with Gasteiger partial charge in [-0.05, 0) is 45.0 Å². The average molecular weight is 255 g/mol. The molecule has 0 aromatic heterocycles. The van der Waals surface area contributed by atoms with Crippen molar-refractivity contribution in [1.29, 1.82) is 0 Å². The summed E-state index contributed by atoms with van der Waals surface area (Å²) < 4.78 is 24.2. The van der Waals surface area contributed by atoms with Crippen LogP contribution in [0.25, 0.3) is 0 Å². The molecule has 0 bridgehead atoms. The van der Waals surface area contributed by atoms with Crippen LogP contribution in [-0.2, 0) is 9.84 Å². The number of benzene rings is 1. The molecule has 0 saturated carbocycles. The summed E-state index contributed by atoms with van der Waals surface area (Å²) in [6.45, 7) is 7.46. The van der Waals surface area contributed by atoms with Crippen molar-refractivity contribution in [1.82, 2.24) is 5.32 Å². The molecule has 1 N–H and O–H groups in total. The third kappa shape index (κ3) is 4.13. The van der Waals surface area contributed by atoms with Gasteiger partial charge in [0.2, 0.25) is 0 Å². The van der Waals surface area contributed by atoms with Gasteiger partial charge in [-0.15, -0.1) is 0 Å². The molecular weight excluding hydrogens is 234 g/mol. The van der Waals surface area contributed by atoms with E-state index >= 15 is 0 Å². The number of nitrogens with one attached hydrogen (secondary N) is 1. The number of sulfone groups is 1. The molecule has 4 heteroatoms. The van der Waals surface area contributed by atoms with Gasteiger partial charge in [0.25, 0.3) is 0 Å². The Morgan fingerprint density at radius 2 is 1.94 bits per heavy atom. The van der Waals surface area contributed by atoms with Crippen LogP contribution in [0.3, 0.4) is 0 Å². The fourth-order valence-electron chi connectivity index (χ4n) is 1.82. The zero-order valence-electron chi connectivity index (χ0n) is 10.8. The number of aryl methyl sites for hydroxylation is 2. The zero-order chi connectivity index (χ0) is 12.9. The zero-order valence-corrected chi connectivity index (χ0v) is 11.6. The van der Waals surface area contributed by atoms with Crippen LogP contribution in [0.2, 0.25) is 0 Å². The van der Waals surface area contributed by atoms with Crippen LogP contribution in [0.5, 0.6) is 0 Å². The SMILES string of the molecule is CCNCCCS(=O)(=O)c1ccc(C)cc1C. The molecule has 17 heavy (non-hydrogen) atoms. The second-order valence-electron chi connectivity index (χ2n) is 4.29. The lowest BCUT2D eigenvalue weighted by Crippen LogP contribution is -2.18. The first-order valence-corrected chi connectivity index (χ1v) is 7.63.